The number of halogens is 1. The van der Waals surface area contributed by atoms with Crippen LogP contribution in [0.1, 0.15) is 12.8 Å². The number of Topliss-reactive ketones (excluding diaryl/α,β-unsaturated/α-hetero) is 1. The summed E-state index contributed by atoms with van der Waals surface area (Å²) in [6.07, 6.45) is 2.98. The predicted octanol–water partition coefficient (Wildman–Crippen LogP) is 2.80. The zero-order chi connectivity index (χ0) is 13.5. The molecule has 0 bridgehead atoms. The lowest BCUT2D eigenvalue weighted by Crippen LogP contribution is -2.57. The van der Waals surface area contributed by atoms with Gasteiger partial charge in [-0.15, -0.1) is 0 Å². The van der Waals surface area contributed by atoms with Gasteiger partial charge in [0.1, 0.15) is 5.82 Å². The summed E-state index contributed by atoms with van der Waals surface area (Å²) in [7, 11) is 0. The Labute approximate surface area is 111 Å². The van der Waals surface area contributed by atoms with Crippen molar-refractivity contribution in [1.82, 2.24) is 0 Å². The topological polar surface area (TPSA) is 24.7 Å². The van der Waals surface area contributed by atoms with E-state index in [4.69, 9.17) is 6.57 Å². The first-order chi connectivity index (χ1) is 9.13. The van der Waals surface area contributed by atoms with E-state index in [9.17, 15) is 9.18 Å². The summed E-state index contributed by atoms with van der Waals surface area (Å²) in [4.78, 5) is 16.8. The fourth-order valence-corrected chi connectivity index (χ4v) is 2.87. The smallest absolute Gasteiger partial charge is 0.226 e. The van der Waals surface area contributed by atoms with Crippen LogP contribution < -0.4 is 4.90 Å². The van der Waals surface area contributed by atoms with Gasteiger partial charge in [-0.3, -0.25) is 0 Å². The van der Waals surface area contributed by atoms with Crippen molar-refractivity contribution in [3.63, 3.8) is 0 Å². The molecule has 1 aromatic carbocycles. The molecule has 2 aliphatic rings. The minimum absolute atomic E-state index is 0.0648. The van der Waals surface area contributed by atoms with Crippen molar-refractivity contribution in [3.05, 3.63) is 53.3 Å². The van der Waals surface area contributed by atoms with Crippen LogP contribution in [0.5, 0.6) is 0 Å². The van der Waals surface area contributed by atoms with Crippen molar-refractivity contribution in [1.29, 1.82) is 0 Å². The van der Waals surface area contributed by atoms with Crippen LogP contribution >= 0.6 is 0 Å². The summed E-state index contributed by atoms with van der Waals surface area (Å²) in [5.41, 5.74) is 0.734. The van der Waals surface area contributed by atoms with Gasteiger partial charge in [0.2, 0.25) is 5.70 Å². The van der Waals surface area contributed by atoms with Crippen LogP contribution in [-0.2, 0) is 4.79 Å². The van der Waals surface area contributed by atoms with Crippen molar-refractivity contribution in [3.8, 4) is 0 Å². The van der Waals surface area contributed by atoms with Crippen LogP contribution in [0.15, 0.2) is 36.0 Å². The molecule has 3 nitrogen and oxygen atoms in total. The highest BCUT2D eigenvalue weighted by Gasteiger charge is 2.44. The third-order valence-corrected chi connectivity index (χ3v) is 3.90. The number of allylic oxidation sites excluding steroid dienone is 1. The second-order valence-corrected chi connectivity index (χ2v) is 5.23. The predicted molar refractivity (Wildman–Crippen MR) is 70.0 cm³/mol. The standard InChI is InChI=1S/C15H13FN2O/c1-17-12-8-15(7-6-14(12)19)9-18(10-15)13-5-3-2-4-11(13)16/h2-5,8H,6-7,9-10H2. The van der Waals surface area contributed by atoms with Crippen molar-refractivity contribution >= 4 is 11.5 Å². The monoisotopic (exact) mass is 256 g/mol. The normalized spacial score (nSPS) is 20.7. The van der Waals surface area contributed by atoms with Gasteiger partial charge in [0.15, 0.2) is 5.78 Å². The van der Waals surface area contributed by atoms with Gasteiger partial charge >= 0.3 is 0 Å². The number of carbonyl (C=O) groups is 1. The highest BCUT2D eigenvalue weighted by molar-refractivity contribution is 5.98. The average Bonchev–Trinajstić information content (AvgIpc) is 2.38. The Morgan fingerprint density at radius 3 is 2.74 bits per heavy atom. The Kier molecular flexibility index (Phi) is 2.63. The molecule has 0 aromatic heterocycles. The molecule has 96 valence electrons. The number of benzene rings is 1. The quantitative estimate of drug-likeness (QED) is 0.722. The number of hydrogen-bond donors (Lipinski definition) is 0. The van der Waals surface area contributed by atoms with Crippen LogP contribution in [0.3, 0.4) is 0 Å². The lowest BCUT2D eigenvalue weighted by molar-refractivity contribution is -0.116. The Hall–Kier alpha value is -2.15. The number of rotatable bonds is 1. The molecule has 0 amide bonds. The van der Waals surface area contributed by atoms with E-state index in [0.29, 0.717) is 25.2 Å². The summed E-state index contributed by atoms with van der Waals surface area (Å²) >= 11 is 0. The highest BCUT2D eigenvalue weighted by Crippen LogP contribution is 2.43. The fourth-order valence-electron chi connectivity index (χ4n) is 2.87. The highest BCUT2D eigenvalue weighted by atomic mass is 19.1. The Morgan fingerprint density at radius 1 is 1.32 bits per heavy atom. The van der Waals surface area contributed by atoms with Crippen molar-refractivity contribution in [2.45, 2.75) is 12.8 Å². The maximum atomic E-state index is 13.7. The zero-order valence-electron chi connectivity index (χ0n) is 10.4. The largest absolute Gasteiger partial charge is 0.367 e. The number of hydrogen-bond acceptors (Lipinski definition) is 2. The molecule has 1 fully saturated rings. The van der Waals surface area contributed by atoms with Crippen LogP contribution in [0, 0.1) is 17.8 Å². The van der Waals surface area contributed by atoms with E-state index in [1.54, 1.807) is 18.2 Å². The molecule has 0 N–H and O–H groups in total. The van der Waals surface area contributed by atoms with Gasteiger partial charge in [-0.2, -0.15) is 0 Å². The molecule has 1 aliphatic heterocycles. The SMILES string of the molecule is [C-]#[N+]C1=CC2(CCC1=O)CN(c1ccccc1F)C2. The Bertz CT molecular complexity index is 609. The lowest BCUT2D eigenvalue weighted by Gasteiger charge is -2.51. The molecule has 0 radical (unpaired) electrons. The first kappa shape index (κ1) is 11.9. The molecular formula is C15H13FN2O. The van der Waals surface area contributed by atoms with Crippen LogP contribution in [0.2, 0.25) is 0 Å². The molecule has 1 aliphatic carbocycles. The number of nitrogens with zero attached hydrogens (tertiary/aromatic N) is 2. The number of ketones is 1. The molecule has 0 saturated carbocycles. The maximum absolute atomic E-state index is 13.7. The molecule has 0 unspecified atom stereocenters. The summed E-state index contributed by atoms with van der Waals surface area (Å²) in [6, 6.07) is 6.69. The molecule has 0 atom stereocenters. The van der Waals surface area contributed by atoms with Crippen LogP contribution in [0.25, 0.3) is 4.85 Å². The second-order valence-electron chi connectivity index (χ2n) is 5.23. The summed E-state index contributed by atoms with van der Waals surface area (Å²) < 4.78 is 13.7. The summed E-state index contributed by atoms with van der Waals surface area (Å²) in [5, 5.41) is 0. The van der Waals surface area contributed by atoms with Gasteiger partial charge in [-0.25, -0.2) is 9.24 Å². The van der Waals surface area contributed by atoms with E-state index in [0.717, 1.165) is 6.42 Å². The average molecular weight is 256 g/mol. The maximum Gasteiger partial charge on any atom is 0.226 e. The van der Waals surface area contributed by atoms with Crippen molar-refractivity contribution in [2.75, 3.05) is 18.0 Å². The Balaban J connectivity index is 1.80. The van der Waals surface area contributed by atoms with E-state index >= 15 is 0 Å². The molecule has 1 spiro atoms. The van der Waals surface area contributed by atoms with E-state index in [2.05, 4.69) is 4.85 Å². The fraction of sp³-hybridized carbons (Fsp3) is 0.333. The molecule has 3 rings (SSSR count). The van der Waals surface area contributed by atoms with Gasteiger partial charge in [0.05, 0.1) is 12.3 Å². The molecule has 19 heavy (non-hydrogen) atoms. The van der Waals surface area contributed by atoms with Crippen LogP contribution in [-0.4, -0.2) is 18.9 Å². The molecule has 1 aromatic rings. The number of para-hydroxylation sites is 1. The van der Waals surface area contributed by atoms with E-state index in [1.165, 1.54) is 6.07 Å². The summed E-state index contributed by atoms with van der Waals surface area (Å²) in [5.74, 6) is -0.288. The molecule has 1 heterocycles. The van der Waals surface area contributed by atoms with Gasteiger partial charge < -0.3 is 9.69 Å². The number of anilines is 1. The third-order valence-electron chi connectivity index (χ3n) is 3.90. The summed E-state index contributed by atoms with van der Waals surface area (Å²) in [6.45, 7) is 8.38. The molecule has 1 saturated heterocycles. The van der Waals surface area contributed by atoms with Gasteiger partial charge in [-0.1, -0.05) is 18.2 Å². The van der Waals surface area contributed by atoms with E-state index < -0.39 is 0 Å². The second kappa shape index (κ2) is 4.20. The molecule has 4 heteroatoms. The van der Waals surface area contributed by atoms with Gasteiger partial charge in [0, 0.05) is 24.9 Å². The van der Waals surface area contributed by atoms with Crippen molar-refractivity contribution < 1.29 is 9.18 Å². The Morgan fingerprint density at radius 2 is 2.05 bits per heavy atom. The third kappa shape index (κ3) is 1.91. The minimum atomic E-state index is -0.224. The van der Waals surface area contributed by atoms with E-state index in [1.807, 2.05) is 11.0 Å². The molecular weight excluding hydrogens is 243 g/mol. The lowest BCUT2D eigenvalue weighted by atomic mass is 9.71. The zero-order valence-corrected chi connectivity index (χ0v) is 10.4. The van der Waals surface area contributed by atoms with Gasteiger partial charge in [-0.05, 0) is 18.6 Å². The van der Waals surface area contributed by atoms with E-state index in [-0.39, 0.29) is 22.7 Å². The van der Waals surface area contributed by atoms with Crippen molar-refractivity contribution in [2.24, 2.45) is 5.41 Å². The first-order valence-corrected chi connectivity index (χ1v) is 6.27. The first-order valence-electron chi connectivity index (χ1n) is 6.27. The number of carbonyl (C=O) groups excluding carboxylic acids is 1. The van der Waals surface area contributed by atoms with Crippen LogP contribution in [0.4, 0.5) is 10.1 Å². The minimum Gasteiger partial charge on any atom is -0.367 e. The van der Waals surface area contributed by atoms with Gasteiger partial charge in [0.25, 0.3) is 0 Å².